The third-order valence-electron chi connectivity index (χ3n) is 8.13. The highest BCUT2D eigenvalue weighted by atomic mass is 16.5. The molecule has 4 rings (SSSR count). The number of aliphatic hydroxyl groups is 1. The van der Waals surface area contributed by atoms with Crippen LogP contribution in [0.25, 0.3) is 0 Å². The standard InChI is InChI=1S/C20H30O3/c1-11-12-5-6-16-19(2,3)8-7-17(21)20(16,4)14(12)10-15-13(11)9-18(22)23-15/h9,11-12,14-17,21H,5-8,10H2,1-4H3. The van der Waals surface area contributed by atoms with E-state index in [1.165, 1.54) is 18.4 Å². The Labute approximate surface area is 139 Å². The van der Waals surface area contributed by atoms with Crippen LogP contribution in [0.2, 0.25) is 0 Å². The second-order valence-electron chi connectivity index (χ2n) is 9.40. The molecule has 0 radical (unpaired) electrons. The summed E-state index contributed by atoms with van der Waals surface area (Å²) in [5, 5.41) is 11.0. The number of esters is 1. The fourth-order valence-electron chi connectivity index (χ4n) is 6.88. The normalized spacial score (nSPS) is 51.2. The molecule has 23 heavy (non-hydrogen) atoms. The van der Waals surface area contributed by atoms with Crippen LogP contribution in [0.15, 0.2) is 11.6 Å². The number of hydrogen-bond acceptors (Lipinski definition) is 3. The van der Waals surface area contributed by atoms with Crippen molar-refractivity contribution in [3.63, 3.8) is 0 Å². The number of aliphatic hydroxyl groups excluding tert-OH is 1. The highest BCUT2D eigenvalue weighted by molar-refractivity contribution is 5.86. The number of fused-ring (bicyclic) bond motifs is 4. The van der Waals surface area contributed by atoms with Gasteiger partial charge in [0, 0.05) is 11.5 Å². The minimum atomic E-state index is -0.219. The molecule has 0 aromatic carbocycles. The largest absolute Gasteiger partial charge is 0.455 e. The van der Waals surface area contributed by atoms with E-state index in [0.717, 1.165) is 19.3 Å². The number of hydrogen-bond donors (Lipinski definition) is 1. The lowest BCUT2D eigenvalue weighted by Gasteiger charge is -2.63. The lowest BCUT2D eigenvalue weighted by molar-refractivity contribution is -0.186. The van der Waals surface area contributed by atoms with Gasteiger partial charge in [-0.05, 0) is 66.8 Å². The van der Waals surface area contributed by atoms with Gasteiger partial charge in [-0.2, -0.15) is 0 Å². The van der Waals surface area contributed by atoms with Gasteiger partial charge in [0.25, 0.3) is 0 Å². The molecule has 3 aliphatic carbocycles. The molecule has 4 aliphatic rings. The fraction of sp³-hybridized carbons (Fsp3) is 0.850. The van der Waals surface area contributed by atoms with Crippen molar-refractivity contribution in [3.8, 4) is 0 Å². The molecule has 0 aromatic heterocycles. The zero-order chi connectivity index (χ0) is 16.6. The van der Waals surface area contributed by atoms with Crippen LogP contribution in [0.5, 0.6) is 0 Å². The van der Waals surface area contributed by atoms with Crippen molar-refractivity contribution >= 4 is 5.97 Å². The predicted molar refractivity (Wildman–Crippen MR) is 88.6 cm³/mol. The molecule has 7 unspecified atom stereocenters. The van der Waals surface area contributed by atoms with Crippen LogP contribution in [0.4, 0.5) is 0 Å². The van der Waals surface area contributed by atoms with Gasteiger partial charge in [0.05, 0.1) is 6.10 Å². The molecular formula is C20H30O3. The van der Waals surface area contributed by atoms with Crippen molar-refractivity contribution in [1.29, 1.82) is 0 Å². The van der Waals surface area contributed by atoms with Gasteiger partial charge in [0.1, 0.15) is 6.10 Å². The molecule has 1 heterocycles. The first-order valence-corrected chi connectivity index (χ1v) is 9.35. The molecule has 0 spiro atoms. The fourth-order valence-corrected chi connectivity index (χ4v) is 6.88. The average molecular weight is 318 g/mol. The molecule has 1 N–H and O–H groups in total. The molecular weight excluding hydrogens is 288 g/mol. The summed E-state index contributed by atoms with van der Waals surface area (Å²) in [5.41, 5.74) is 1.47. The molecule has 7 atom stereocenters. The smallest absolute Gasteiger partial charge is 0.331 e. The summed E-state index contributed by atoms with van der Waals surface area (Å²) >= 11 is 0. The second-order valence-corrected chi connectivity index (χ2v) is 9.40. The van der Waals surface area contributed by atoms with Crippen LogP contribution in [0, 0.1) is 34.5 Å². The van der Waals surface area contributed by atoms with Crippen molar-refractivity contribution < 1.29 is 14.6 Å². The molecule has 0 amide bonds. The second kappa shape index (κ2) is 4.84. The maximum Gasteiger partial charge on any atom is 0.331 e. The summed E-state index contributed by atoms with van der Waals surface area (Å²) < 4.78 is 5.58. The van der Waals surface area contributed by atoms with Crippen LogP contribution < -0.4 is 0 Å². The third-order valence-corrected chi connectivity index (χ3v) is 8.13. The van der Waals surface area contributed by atoms with E-state index in [0.29, 0.717) is 29.1 Å². The van der Waals surface area contributed by atoms with Gasteiger partial charge >= 0.3 is 5.97 Å². The quantitative estimate of drug-likeness (QED) is 0.693. The Morgan fingerprint density at radius 2 is 1.96 bits per heavy atom. The van der Waals surface area contributed by atoms with E-state index in [1.54, 1.807) is 6.08 Å². The van der Waals surface area contributed by atoms with Gasteiger partial charge in [-0.15, -0.1) is 0 Å². The van der Waals surface area contributed by atoms with E-state index in [-0.39, 0.29) is 23.6 Å². The van der Waals surface area contributed by atoms with E-state index in [9.17, 15) is 9.90 Å². The third kappa shape index (κ3) is 2.01. The predicted octanol–water partition coefficient (Wildman–Crippen LogP) is 3.71. The summed E-state index contributed by atoms with van der Waals surface area (Å²) in [6.45, 7) is 9.37. The number of ether oxygens (including phenoxy) is 1. The lowest BCUT2D eigenvalue weighted by Crippen LogP contribution is -2.60. The molecule has 0 bridgehead atoms. The van der Waals surface area contributed by atoms with Crippen LogP contribution in [-0.2, 0) is 9.53 Å². The molecule has 0 aromatic rings. The van der Waals surface area contributed by atoms with Gasteiger partial charge in [0.15, 0.2) is 0 Å². The minimum Gasteiger partial charge on any atom is -0.455 e. The van der Waals surface area contributed by atoms with Crippen LogP contribution in [-0.4, -0.2) is 23.3 Å². The van der Waals surface area contributed by atoms with Crippen LogP contribution >= 0.6 is 0 Å². The monoisotopic (exact) mass is 318 g/mol. The van der Waals surface area contributed by atoms with E-state index in [4.69, 9.17) is 4.74 Å². The Hall–Kier alpha value is -0.830. The molecule has 0 saturated heterocycles. The van der Waals surface area contributed by atoms with E-state index >= 15 is 0 Å². The highest BCUT2D eigenvalue weighted by Gasteiger charge is 2.61. The Balaban J connectivity index is 1.73. The zero-order valence-electron chi connectivity index (χ0n) is 14.8. The summed E-state index contributed by atoms with van der Waals surface area (Å²) in [7, 11) is 0. The topological polar surface area (TPSA) is 46.5 Å². The number of carbonyl (C=O) groups excluding carboxylic acids is 1. The van der Waals surface area contributed by atoms with Gasteiger partial charge in [-0.25, -0.2) is 4.79 Å². The van der Waals surface area contributed by atoms with Crippen molar-refractivity contribution in [3.05, 3.63) is 11.6 Å². The van der Waals surface area contributed by atoms with Gasteiger partial charge in [-0.1, -0.05) is 27.7 Å². The molecule has 3 nitrogen and oxygen atoms in total. The summed E-state index contributed by atoms with van der Waals surface area (Å²) in [6.07, 6.45) is 6.85. The van der Waals surface area contributed by atoms with Crippen molar-refractivity contribution in [2.24, 2.45) is 34.5 Å². The molecule has 1 aliphatic heterocycles. The first kappa shape index (κ1) is 15.7. The first-order chi connectivity index (χ1) is 10.7. The highest BCUT2D eigenvalue weighted by Crippen LogP contribution is 2.65. The van der Waals surface area contributed by atoms with Gasteiger partial charge < -0.3 is 9.84 Å². The van der Waals surface area contributed by atoms with E-state index in [1.807, 2.05) is 0 Å². The maximum absolute atomic E-state index is 11.7. The molecule has 3 fully saturated rings. The van der Waals surface area contributed by atoms with Crippen LogP contribution in [0.1, 0.15) is 59.8 Å². The summed E-state index contributed by atoms with van der Waals surface area (Å²) in [5.74, 6) is 1.84. The van der Waals surface area contributed by atoms with Crippen LogP contribution in [0.3, 0.4) is 0 Å². The Bertz CT molecular complexity index is 563. The van der Waals surface area contributed by atoms with E-state index in [2.05, 4.69) is 27.7 Å². The zero-order valence-corrected chi connectivity index (χ0v) is 14.8. The minimum absolute atomic E-state index is 0.0356. The molecule has 3 saturated carbocycles. The summed E-state index contributed by atoms with van der Waals surface area (Å²) in [6, 6.07) is 0. The molecule has 128 valence electrons. The first-order valence-electron chi connectivity index (χ1n) is 9.35. The SMILES string of the molecule is CC1C2=CC(=O)OC2CC2C1CCC1C(C)(C)CCC(O)C21C. The van der Waals surface area contributed by atoms with Crippen molar-refractivity contribution in [1.82, 2.24) is 0 Å². The molecule has 3 heteroatoms. The maximum atomic E-state index is 11.7. The van der Waals surface area contributed by atoms with Gasteiger partial charge in [0.2, 0.25) is 0 Å². The number of carbonyl (C=O) groups is 1. The number of rotatable bonds is 0. The Morgan fingerprint density at radius 3 is 2.70 bits per heavy atom. The van der Waals surface area contributed by atoms with Crippen molar-refractivity contribution in [2.75, 3.05) is 0 Å². The Morgan fingerprint density at radius 1 is 1.22 bits per heavy atom. The average Bonchev–Trinajstić information content (AvgIpc) is 2.85. The van der Waals surface area contributed by atoms with Gasteiger partial charge in [-0.3, -0.25) is 0 Å². The van der Waals surface area contributed by atoms with E-state index < -0.39 is 0 Å². The van der Waals surface area contributed by atoms with Crippen molar-refractivity contribution in [2.45, 2.75) is 72.0 Å². The Kier molecular flexibility index (Phi) is 3.30. The lowest BCUT2D eigenvalue weighted by atomic mass is 9.42. The summed E-state index contributed by atoms with van der Waals surface area (Å²) in [4.78, 5) is 11.7.